The number of likely N-dealkylation sites (tertiary alicyclic amines) is 1. The lowest BCUT2D eigenvalue weighted by molar-refractivity contribution is 0.211. The van der Waals surface area contributed by atoms with Crippen LogP contribution in [-0.2, 0) is 0 Å². The maximum absolute atomic E-state index is 9.12. The number of imidazole rings is 1. The molecule has 2 aliphatic heterocycles. The van der Waals surface area contributed by atoms with Gasteiger partial charge in [-0.1, -0.05) is 18.2 Å². The fraction of sp³-hybridized carbons (Fsp3) is 0.333. The number of nitrogens with zero attached hydrogens (tertiary/aromatic N) is 4. The normalized spacial score (nSPS) is 18.9. The molecule has 1 unspecified atom stereocenters. The summed E-state index contributed by atoms with van der Waals surface area (Å²) < 4.78 is 8.01. The smallest absolute Gasteiger partial charge is 0.179 e. The SMILES string of the molecule is N#CN1CCC(C2CCNn3cc(-c4ccc(Oc5ccccc5)cc4)nc32)CC1. The van der Waals surface area contributed by atoms with Crippen molar-refractivity contribution in [2.24, 2.45) is 5.92 Å². The number of hydrogen-bond acceptors (Lipinski definition) is 5. The van der Waals surface area contributed by atoms with Crippen LogP contribution in [0.1, 0.15) is 31.0 Å². The van der Waals surface area contributed by atoms with Crippen molar-refractivity contribution in [3.63, 3.8) is 0 Å². The number of piperidine rings is 1. The molecule has 1 N–H and O–H groups in total. The van der Waals surface area contributed by atoms with Gasteiger partial charge in [-0.05, 0) is 61.6 Å². The van der Waals surface area contributed by atoms with Crippen molar-refractivity contribution >= 4 is 0 Å². The van der Waals surface area contributed by atoms with Gasteiger partial charge < -0.3 is 15.1 Å². The lowest BCUT2D eigenvalue weighted by Crippen LogP contribution is -2.36. The summed E-state index contributed by atoms with van der Waals surface area (Å²) in [7, 11) is 0. The molecule has 6 nitrogen and oxygen atoms in total. The summed E-state index contributed by atoms with van der Waals surface area (Å²) in [5.41, 5.74) is 5.51. The molecule has 1 fully saturated rings. The number of para-hydroxylation sites is 1. The zero-order valence-electron chi connectivity index (χ0n) is 16.9. The summed E-state index contributed by atoms with van der Waals surface area (Å²) in [4.78, 5) is 6.88. The van der Waals surface area contributed by atoms with Crippen LogP contribution in [0, 0.1) is 17.4 Å². The standard InChI is InChI=1S/C24H25N5O/c25-17-28-14-11-18(12-15-28)22-10-13-26-29-16-23(27-24(22)29)19-6-8-21(9-7-19)30-20-4-2-1-3-5-20/h1-9,16,18,22,26H,10-15H2. The highest BCUT2D eigenvalue weighted by Crippen LogP contribution is 2.37. The van der Waals surface area contributed by atoms with Crippen LogP contribution in [0.2, 0.25) is 0 Å². The van der Waals surface area contributed by atoms with Crippen LogP contribution in [0.15, 0.2) is 60.8 Å². The van der Waals surface area contributed by atoms with E-state index >= 15 is 0 Å². The van der Waals surface area contributed by atoms with Gasteiger partial charge >= 0.3 is 0 Å². The van der Waals surface area contributed by atoms with Gasteiger partial charge in [0.25, 0.3) is 0 Å². The van der Waals surface area contributed by atoms with Crippen molar-refractivity contribution < 1.29 is 4.74 Å². The quantitative estimate of drug-likeness (QED) is 0.651. The number of fused-ring (bicyclic) bond motifs is 1. The highest BCUT2D eigenvalue weighted by molar-refractivity contribution is 5.60. The van der Waals surface area contributed by atoms with Crippen LogP contribution >= 0.6 is 0 Å². The largest absolute Gasteiger partial charge is 0.457 e. The summed E-state index contributed by atoms with van der Waals surface area (Å²) >= 11 is 0. The maximum atomic E-state index is 9.12. The van der Waals surface area contributed by atoms with Gasteiger partial charge in [-0.15, -0.1) is 0 Å². The average Bonchev–Trinajstić information content (AvgIpc) is 3.25. The lowest BCUT2D eigenvalue weighted by Gasteiger charge is -2.35. The monoisotopic (exact) mass is 399 g/mol. The summed E-state index contributed by atoms with van der Waals surface area (Å²) in [5.74, 6) is 3.80. The second-order valence-electron chi connectivity index (χ2n) is 8.02. The Morgan fingerprint density at radius 3 is 2.43 bits per heavy atom. The molecule has 1 atom stereocenters. The minimum atomic E-state index is 0.446. The minimum Gasteiger partial charge on any atom is -0.457 e. The molecular weight excluding hydrogens is 374 g/mol. The van der Waals surface area contributed by atoms with E-state index in [0.29, 0.717) is 11.8 Å². The molecule has 1 saturated heterocycles. The fourth-order valence-corrected chi connectivity index (χ4v) is 4.56. The van der Waals surface area contributed by atoms with Crippen molar-refractivity contribution in [2.75, 3.05) is 25.1 Å². The fourth-order valence-electron chi connectivity index (χ4n) is 4.56. The molecule has 0 radical (unpaired) electrons. The Balaban J connectivity index is 1.33. The third-order valence-corrected chi connectivity index (χ3v) is 6.18. The van der Waals surface area contributed by atoms with Gasteiger partial charge in [-0.25, -0.2) is 4.98 Å². The molecule has 0 bridgehead atoms. The van der Waals surface area contributed by atoms with Crippen LogP contribution in [0.3, 0.4) is 0 Å². The first-order chi connectivity index (χ1) is 14.8. The molecule has 0 saturated carbocycles. The van der Waals surface area contributed by atoms with Gasteiger partial charge in [0.2, 0.25) is 0 Å². The molecule has 152 valence electrons. The van der Waals surface area contributed by atoms with Gasteiger partial charge in [-0.2, -0.15) is 5.26 Å². The van der Waals surface area contributed by atoms with E-state index in [1.807, 2.05) is 47.4 Å². The lowest BCUT2D eigenvalue weighted by atomic mass is 9.81. The van der Waals surface area contributed by atoms with E-state index in [9.17, 15) is 0 Å². The molecule has 6 heteroatoms. The predicted octanol–water partition coefficient (Wildman–Crippen LogP) is 4.57. The summed E-state index contributed by atoms with van der Waals surface area (Å²) in [5, 5.41) is 9.12. The highest BCUT2D eigenvalue weighted by atomic mass is 16.5. The van der Waals surface area contributed by atoms with Gasteiger partial charge in [0, 0.05) is 31.1 Å². The van der Waals surface area contributed by atoms with E-state index < -0.39 is 0 Å². The highest BCUT2D eigenvalue weighted by Gasteiger charge is 2.32. The molecule has 3 aromatic rings. The Hall–Kier alpha value is -3.46. The molecule has 0 spiro atoms. The molecule has 5 rings (SSSR count). The van der Waals surface area contributed by atoms with E-state index in [1.165, 1.54) is 0 Å². The van der Waals surface area contributed by atoms with E-state index in [-0.39, 0.29) is 0 Å². The first-order valence-electron chi connectivity index (χ1n) is 10.6. The predicted molar refractivity (Wildman–Crippen MR) is 116 cm³/mol. The first kappa shape index (κ1) is 18.6. The van der Waals surface area contributed by atoms with Crippen molar-refractivity contribution in [1.29, 1.82) is 5.26 Å². The van der Waals surface area contributed by atoms with Crippen LogP contribution in [0.25, 0.3) is 11.3 Å². The van der Waals surface area contributed by atoms with Crippen molar-refractivity contribution in [3.05, 3.63) is 66.6 Å². The maximum Gasteiger partial charge on any atom is 0.179 e. The van der Waals surface area contributed by atoms with Crippen molar-refractivity contribution in [1.82, 2.24) is 14.6 Å². The van der Waals surface area contributed by atoms with Crippen LogP contribution in [-0.4, -0.2) is 34.2 Å². The molecule has 1 aromatic heterocycles. The van der Waals surface area contributed by atoms with Crippen LogP contribution < -0.4 is 10.2 Å². The Morgan fingerprint density at radius 2 is 1.70 bits per heavy atom. The average molecular weight is 399 g/mol. The van der Waals surface area contributed by atoms with Gasteiger partial charge in [0.05, 0.1) is 11.9 Å². The Kier molecular flexibility index (Phi) is 5.02. The van der Waals surface area contributed by atoms with E-state index in [0.717, 1.165) is 67.5 Å². The third-order valence-electron chi connectivity index (χ3n) is 6.18. The van der Waals surface area contributed by atoms with Crippen molar-refractivity contribution in [3.8, 4) is 28.9 Å². The number of aromatic nitrogens is 2. The van der Waals surface area contributed by atoms with E-state index in [4.69, 9.17) is 15.0 Å². The Morgan fingerprint density at radius 1 is 0.967 bits per heavy atom. The number of ether oxygens (including phenoxy) is 1. The van der Waals surface area contributed by atoms with Gasteiger partial charge in [0.15, 0.2) is 6.19 Å². The molecule has 3 heterocycles. The third kappa shape index (κ3) is 3.71. The van der Waals surface area contributed by atoms with Gasteiger partial charge in [-0.3, -0.25) is 4.68 Å². The molecule has 2 aromatic carbocycles. The number of nitriles is 1. The van der Waals surface area contributed by atoms with Crippen LogP contribution in [0.5, 0.6) is 11.5 Å². The molecular formula is C24H25N5O. The van der Waals surface area contributed by atoms with E-state index in [1.54, 1.807) is 0 Å². The number of rotatable bonds is 4. The van der Waals surface area contributed by atoms with E-state index in [2.05, 4.69) is 34.6 Å². The topological polar surface area (TPSA) is 66.1 Å². The minimum absolute atomic E-state index is 0.446. The second-order valence-corrected chi connectivity index (χ2v) is 8.02. The second kappa shape index (κ2) is 8.11. The Bertz CT molecular complexity index is 1030. The summed E-state index contributed by atoms with van der Waals surface area (Å²) in [6.45, 7) is 2.68. The zero-order valence-corrected chi connectivity index (χ0v) is 16.9. The van der Waals surface area contributed by atoms with Crippen molar-refractivity contribution in [2.45, 2.75) is 25.2 Å². The summed E-state index contributed by atoms with van der Waals surface area (Å²) in [6, 6.07) is 17.9. The molecule has 0 aliphatic carbocycles. The van der Waals surface area contributed by atoms with Gasteiger partial charge in [0.1, 0.15) is 17.3 Å². The number of benzene rings is 2. The van der Waals surface area contributed by atoms with Crippen LogP contribution in [0.4, 0.5) is 0 Å². The first-order valence-corrected chi connectivity index (χ1v) is 10.6. The molecule has 0 amide bonds. The summed E-state index contributed by atoms with van der Waals surface area (Å²) in [6.07, 6.45) is 7.60. The number of nitrogens with one attached hydrogen (secondary N) is 1. The number of hydrogen-bond donors (Lipinski definition) is 1. The Labute approximate surface area is 176 Å². The zero-order chi connectivity index (χ0) is 20.3. The molecule has 2 aliphatic rings. The molecule has 30 heavy (non-hydrogen) atoms.